The number of piperidine rings is 1. The summed E-state index contributed by atoms with van der Waals surface area (Å²) in [4.78, 5) is 3.63. The maximum Gasteiger partial charge on any atom is 0.187 e. The van der Waals surface area contributed by atoms with Crippen LogP contribution in [0.15, 0.2) is 28.6 Å². The Balaban J connectivity index is 1.39. The van der Waals surface area contributed by atoms with Gasteiger partial charge in [0.05, 0.1) is 0 Å². The zero-order valence-electron chi connectivity index (χ0n) is 17.9. The van der Waals surface area contributed by atoms with E-state index in [9.17, 15) is 12.8 Å². The van der Waals surface area contributed by atoms with E-state index < -0.39 is 15.7 Å². The molecule has 0 radical (unpaired) electrons. The van der Waals surface area contributed by atoms with Crippen molar-refractivity contribution in [3.05, 3.63) is 45.1 Å². The van der Waals surface area contributed by atoms with Crippen molar-refractivity contribution >= 4 is 32.8 Å². The number of unbranched alkanes of at least 4 members (excludes halogenated alkanes) is 5. The van der Waals surface area contributed by atoms with Crippen LogP contribution in [0.4, 0.5) is 4.39 Å². The summed E-state index contributed by atoms with van der Waals surface area (Å²) < 4.78 is 39.6. The lowest BCUT2D eigenvalue weighted by atomic mass is 9.93. The molecule has 0 amide bonds. The molecule has 1 atom stereocenters. The summed E-state index contributed by atoms with van der Waals surface area (Å²) in [7, 11) is -3.81. The molecule has 3 rings (SSSR count). The molecule has 0 spiro atoms. The molecular formula is C23H32ClFN2O2S2. The van der Waals surface area contributed by atoms with Crippen molar-refractivity contribution < 1.29 is 12.8 Å². The average Bonchev–Trinajstić information content (AvgIpc) is 3.25. The summed E-state index contributed by atoms with van der Waals surface area (Å²) in [5, 5.41) is 5.94. The van der Waals surface area contributed by atoms with Crippen LogP contribution in [0.25, 0.3) is 0 Å². The number of benzene rings is 1. The highest BCUT2D eigenvalue weighted by atomic mass is 35.5. The first-order valence-electron chi connectivity index (χ1n) is 11.3. The maximum absolute atomic E-state index is 14.6. The van der Waals surface area contributed by atoms with Gasteiger partial charge in [-0.2, -0.15) is 0 Å². The number of aromatic nitrogens is 1. The SMILES string of the molecule is O=S(=O)(Cc1nccs1)c1cc(Cl)c(CCCCCCCCC2CCCNC2)cc1F. The zero-order valence-corrected chi connectivity index (χ0v) is 20.3. The number of nitrogens with zero attached hydrogens (tertiary/aromatic N) is 1. The molecule has 1 saturated heterocycles. The molecule has 172 valence electrons. The monoisotopic (exact) mass is 486 g/mol. The Morgan fingerprint density at radius 2 is 1.94 bits per heavy atom. The second kappa shape index (κ2) is 12.3. The van der Waals surface area contributed by atoms with Crippen LogP contribution < -0.4 is 5.32 Å². The van der Waals surface area contributed by atoms with E-state index in [1.165, 1.54) is 87.7 Å². The first-order valence-corrected chi connectivity index (χ1v) is 14.2. The Morgan fingerprint density at radius 3 is 2.65 bits per heavy atom. The van der Waals surface area contributed by atoms with Gasteiger partial charge in [0.2, 0.25) is 0 Å². The Hall–Kier alpha value is -1.02. The van der Waals surface area contributed by atoms with Gasteiger partial charge >= 0.3 is 0 Å². The number of sulfone groups is 1. The number of thiazole rings is 1. The van der Waals surface area contributed by atoms with Crippen molar-refractivity contribution in [3.8, 4) is 0 Å². The molecule has 0 saturated carbocycles. The minimum atomic E-state index is -3.81. The standard InChI is InChI=1S/C23H32ClFN2O2S2/c24-20-15-22(31(28,29)17-23-27-12-13-30-23)21(25)14-19(20)10-6-4-2-1-3-5-8-18-9-7-11-26-16-18/h12-15,18,26H,1-11,16-17H2. The van der Waals surface area contributed by atoms with Gasteiger partial charge < -0.3 is 5.32 Å². The molecule has 1 aliphatic rings. The molecule has 1 aliphatic heterocycles. The van der Waals surface area contributed by atoms with Crippen LogP contribution in [-0.4, -0.2) is 26.5 Å². The molecule has 8 heteroatoms. The van der Waals surface area contributed by atoms with Crippen LogP contribution in [0.5, 0.6) is 0 Å². The fourth-order valence-corrected chi connectivity index (χ4v) is 6.86. The van der Waals surface area contributed by atoms with Crippen molar-refractivity contribution in [1.82, 2.24) is 10.3 Å². The molecule has 0 bridgehead atoms. The van der Waals surface area contributed by atoms with E-state index in [0.717, 1.165) is 18.8 Å². The van der Waals surface area contributed by atoms with Crippen LogP contribution in [0, 0.1) is 11.7 Å². The van der Waals surface area contributed by atoms with E-state index in [1.807, 2.05) is 0 Å². The first kappa shape index (κ1) is 24.6. The normalized spacial score (nSPS) is 17.2. The topological polar surface area (TPSA) is 59.1 Å². The smallest absolute Gasteiger partial charge is 0.187 e. The Labute approximate surface area is 194 Å². The van der Waals surface area contributed by atoms with Gasteiger partial charge in [0.1, 0.15) is 21.5 Å². The minimum absolute atomic E-state index is 0.311. The summed E-state index contributed by atoms with van der Waals surface area (Å²) in [6, 6.07) is 2.55. The third-order valence-corrected chi connectivity index (χ3v) is 8.89. The van der Waals surface area contributed by atoms with Crippen LogP contribution in [0.2, 0.25) is 5.02 Å². The number of hydrogen-bond acceptors (Lipinski definition) is 5. The van der Waals surface area contributed by atoms with Crippen molar-refractivity contribution in [2.75, 3.05) is 13.1 Å². The third kappa shape index (κ3) is 7.81. The van der Waals surface area contributed by atoms with Gasteiger partial charge in [-0.15, -0.1) is 11.3 Å². The van der Waals surface area contributed by atoms with Gasteiger partial charge in [-0.1, -0.05) is 43.7 Å². The van der Waals surface area contributed by atoms with Crippen molar-refractivity contribution in [1.29, 1.82) is 0 Å². The molecule has 1 fully saturated rings. The molecule has 0 aliphatic carbocycles. The molecule has 1 aromatic heterocycles. The van der Waals surface area contributed by atoms with Crippen molar-refractivity contribution in [2.24, 2.45) is 5.92 Å². The van der Waals surface area contributed by atoms with E-state index in [0.29, 0.717) is 22.0 Å². The number of rotatable bonds is 12. The highest BCUT2D eigenvalue weighted by Gasteiger charge is 2.23. The number of hydrogen-bond donors (Lipinski definition) is 1. The lowest BCUT2D eigenvalue weighted by molar-refractivity contribution is 0.345. The van der Waals surface area contributed by atoms with Gasteiger partial charge in [-0.25, -0.2) is 17.8 Å². The summed E-state index contributed by atoms with van der Waals surface area (Å²) in [6.45, 7) is 2.36. The third-order valence-electron chi connectivity index (χ3n) is 5.94. The van der Waals surface area contributed by atoms with Gasteiger partial charge in [0, 0.05) is 16.6 Å². The van der Waals surface area contributed by atoms with Gasteiger partial charge in [0.15, 0.2) is 9.84 Å². The molecule has 1 aromatic carbocycles. The molecule has 1 N–H and O–H groups in total. The molecule has 2 heterocycles. The molecule has 2 aromatic rings. The van der Waals surface area contributed by atoms with Gasteiger partial charge in [-0.3, -0.25) is 0 Å². The number of halogens is 2. The largest absolute Gasteiger partial charge is 0.316 e. The van der Waals surface area contributed by atoms with Crippen molar-refractivity contribution in [3.63, 3.8) is 0 Å². The highest BCUT2D eigenvalue weighted by molar-refractivity contribution is 7.90. The molecule has 4 nitrogen and oxygen atoms in total. The maximum atomic E-state index is 14.6. The predicted molar refractivity (Wildman–Crippen MR) is 126 cm³/mol. The zero-order chi connectivity index (χ0) is 22.1. The van der Waals surface area contributed by atoms with Crippen LogP contribution >= 0.6 is 22.9 Å². The predicted octanol–water partition coefficient (Wildman–Crippen LogP) is 6.18. The average molecular weight is 487 g/mol. The Morgan fingerprint density at radius 1 is 1.16 bits per heavy atom. The molecule has 1 unspecified atom stereocenters. The number of aryl methyl sites for hydroxylation is 1. The van der Waals surface area contributed by atoms with Crippen LogP contribution in [0.1, 0.15) is 68.4 Å². The quantitative estimate of drug-likeness (QED) is 0.364. The Kier molecular flexibility index (Phi) is 9.75. The van der Waals surface area contributed by atoms with Gasteiger partial charge in [-0.05, 0) is 68.8 Å². The molecule has 31 heavy (non-hydrogen) atoms. The lowest BCUT2D eigenvalue weighted by Crippen LogP contribution is -2.29. The van der Waals surface area contributed by atoms with E-state index in [-0.39, 0.29) is 10.6 Å². The first-order chi connectivity index (χ1) is 15.0. The van der Waals surface area contributed by atoms with E-state index in [4.69, 9.17) is 11.6 Å². The van der Waals surface area contributed by atoms with E-state index >= 15 is 0 Å². The minimum Gasteiger partial charge on any atom is -0.316 e. The Bertz CT molecular complexity index is 914. The summed E-state index contributed by atoms with van der Waals surface area (Å²) in [6.07, 6.45) is 13.2. The van der Waals surface area contributed by atoms with E-state index in [2.05, 4.69) is 10.3 Å². The second-order valence-corrected chi connectivity index (χ2v) is 11.8. The number of nitrogens with one attached hydrogen (secondary N) is 1. The second-order valence-electron chi connectivity index (χ2n) is 8.43. The van der Waals surface area contributed by atoms with Crippen molar-refractivity contribution in [2.45, 2.75) is 74.9 Å². The fraction of sp³-hybridized carbons (Fsp3) is 0.609. The fourth-order valence-electron chi connectivity index (χ4n) is 4.19. The summed E-state index contributed by atoms with van der Waals surface area (Å²) in [5.74, 6) is -0.179. The summed E-state index contributed by atoms with van der Waals surface area (Å²) >= 11 is 7.53. The lowest BCUT2D eigenvalue weighted by Gasteiger charge is -2.22. The van der Waals surface area contributed by atoms with Gasteiger partial charge in [0.25, 0.3) is 0 Å². The van der Waals surface area contributed by atoms with E-state index in [1.54, 1.807) is 5.38 Å². The summed E-state index contributed by atoms with van der Waals surface area (Å²) in [5.41, 5.74) is 0.678. The van der Waals surface area contributed by atoms with Crippen LogP contribution in [0.3, 0.4) is 0 Å². The van der Waals surface area contributed by atoms with Crippen LogP contribution in [-0.2, 0) is 22.0 Å². The molecular weight excluding hydrogens is 455 g/mol. The highest BCUT2D eigenvalue weighted by Crippen LogP contribution is 2.28.